The molecule has 1 aliphatic heterocycles. The number of hydrogen-bond acceptors (Lipinski definition) is 4. The van der Waals surface area contributed by atoms with Crippen molar-refractivity contribution >= 4 is 11.9 Å². The number of fused-ring (bicyclic) bond motifs is 7. The lowest BCUT2D eigenvalue weighted by Crippen LogP contribution is -2.67. The summed E-state index contributed by atoms with van der Waals surface area (Å²) in [7, 11) is 0. The maximum Gasteiger partial charge on any atom is 0.303 e. The molecular weight excluding hydrogens is 548 g/mol. The van der Waals surface area contributed by atoms with E-state index in [1.807, 2.05) is 0 Å². The molecule has 0 aromatic carbocycles. The number of amides is 1. The quantitative estimate of drug-likeness (QED) is 0.316. The highest BCUT2D eigenvalue weighted by molar-refractivity contribution is 5.84. The van der Waals surface area contributed by atoms with E-state index < -0.39 is 5.97 Å². The van der Waals surface area contributed by atoms with Crippen LogP contribution in [0.5, 0.6) is 0 Å². The van der Waals surface area contributed by atoms with Crippen LogP contribution in [0.2, 0.25) is 0 Å². The zero-order valence-corrected chi connectivity index (χ0v) is 28.8. The molecule has 0 spiro atoms. The molecular formula is C38H62N2O4. The lowest BCUT2D eigenvalue weighted by atomic mass is 9.32. The van der Waals surface area contributed by atoms with Crippen molar-refractivity contribution in [3.05, 3.63) is 12.2 Å². The third-order valence-corrected chi connectivity index (χ3v) is 16.0. The number of carboxylic acids is 1. The second-order valence-electron chi connectivity index (χ2n) is 17.8. The van der Waals surface area contributed by atoms with Crippen LogP contribution < -0.4 is 0 Å². The number of piperazine rings is 1. The summed E-state index contributed by atoms with van der Waals surface area (Å²) >= 11 is 0. The van der Waals surface area contributed by atoms with E-state index in [9.17, 15) is 14.7 Å². The Bertz CT molecular complexity index is 1160. The fourth-order valence-corrected chi connectivity index (χ4v) is 13.4. The number of aliphatic carboxylic acids is 1. The van der Waals surface area contributed by atoms with E-state index in [2.05, 4.69) is 57.9 Å². The molecule has 0 radical (unpaired) electrons. The van der Waals surface area contributed by atoms with Gasteiger partial charge in [0.05, 0.1) is 11.5 Å². The van der Waals surface area contributed by atoms with Crippen LogP contribution in [0.1, 0.15) is 119 Å². The van der Waals surface area contributed by atoms with E-state index in [0.717, 1.165) is 71.2 Å². The summed E-state index contributed by atoms with van der Waals surface area (Å²) in [5.41, 5.74) is 1.71. The number of carboxylic acid groups (broad SMARTS) is 1. The Labute approximate surface area is 267 Å². The molecule has 1 heterocycles. The molecule has 6 nitrogen and oxygen atoms in total. The van der Waals surface area contributed by atoms with Gasteiger partial charge in [0.2, 0.25) is 5.91 Å². The minimum Gasteiger partial charge on any atom is -0.481 e. The molecule has 0 unspecified atom stereocenters. The van der Waals surface area contributed by atoms with Crippen molar-refractivity contribution < 1.29 is 19.8 Å². The molecule has 0 aromatic rings. The summed E-state index contributed by atoms with van der Waals surface area (Å²) in [5, 5.41) is 20.1. The van der Waals surface area contributed by atoms with Crippen LogP contribution in [0.4, 0.5) is 0 Å². The van der Waals surface area contributed by atoms with Crippen LogP contribution in [0, 0.1) is 56.7 Å². The van der Waals surface area contributed by atoms with E-state index in [-0.39, 0.29) is 39.6 Å². The second-order valence-corrected chi connectivity index (χ2v) is 17.8. The molecule has 248 valence electrons. The highest BCUT2D eigenvalue weighted by Crippen LogP contribution is 2.77. The van der Waals surface area contributed by atoms with E-state index in [0.29, 0.717) is 41.9 Å². The van der Waals surface area contributed by atoms with Gasteiger partial charge in [0, 0.05) is 32.6 Å². The van der Waals surface area contributed by atoms with Crippen LogP contribution in [0.15, 0.2) is 12.2 Å². The van der Waals surface area contributed by atoms with Crippen molar-refractivity contribution in [2.75, 3.05) is 32.7 Å². The Kier molecular flexibility index (Phi) is 8.21. The van der Waals surface area contributed by atoms with Crippen molar-refractivity contribution in [1.29, 1.82) is 0 Å². The molecule has 2 N–H and O–H groups in total. The lowest BCUT2D eigenvalue weighted by molar-refractivity contribution is -0.247. The number of carbonyl (C=O) groups is 2. The zero-order chi connectivity index (χ0) is 31.9. The summed E-state index contributed by atoms with van der Waals surface area (Å²) in [4.78, 5) is 30.3. The first-order valence-corrected chi connectivity index (χ1v) is 18.2. The molecule has 5 aliphatic carbocycles. The van der Waals surface area contributed by atoms with Crippen LogP contribution in [-0.4, -0.2) is 70.7 Å². The van der Waals surface area contributed by atoms with Gasteiger partial charge >= 0.3 is 5.97 Å². The SMILES string of the molecule is C=C(C)[C@@H]1CC[C@]2(C(=O)N3CCN(CCCC(=O)O)CC3)CC[C@]3(C)[C@H](CC[C@@H]4[C@@]5(C)CC[C@H](O)C(C)(C)[C@@H]5CC[C@]43C)[C@@H]12. The van der Waals surface area contributed by atoms with E-state index >= 15 is 0 Å². The minimum atomic E-state index is -0.729. The average Bonchev–Trinajstić information content (AvgIpc) is 3.37. The Morgan fingerprint density at radius 1 is 0.818 bits per heavy atom. The monoisotopic (exact) mass is 610 g/mol. The number of aliphatic hydroxyl groups excluding tert-OH is 1. The third kappa shape index (κ3) is 4.60. The number of allylic oxidation sites excluding steroid dienone is 1. The van der Waals surface area contributed by atoms with Gasteiger partial charge in [-0.3, -0.25) is 14.5 Å². The maximum absolute atomic E-state index is 14.8. The molecule has 6 fully saturated rings. The number of rotatable bonds is 6. The van der Waals surface area contributed by atoms with Gasteiger partial charge in [-0.25, -0.2) is 0 Å². The normalized spacial score (nSPS) is 46.8. The summed E-state index contributed by atoms with van der Waals surface area (Å²) in [6.45, 7) is 23.4. The van der Waals surface area contributed by atoms with Gasteiger partial charge in [-0.15, -0.1) is 0 Å². The van der Waals surface area contributed by atoms with Gasteiger partial charge < -0.3 is 15.1 Å². The molecule has 6 aliphatic rings. The molecule has 6 heteroatoms. The number of nitrogens with zero attached hydrogens (tertiary/aromatic N) is 2. The van der Waals surface area contributed by atoms with Crippen molar-refractivity contribution in [3.63, 3.8) is 0 Å². The summed E-state index contributed by atoms with van der Waals surface area (Å²) < 4.78 is 0. The molecule has 1 amide bonds. The molecule has 6 rings (SSSR count). The highest BCUT2D eigenvalue weighted by atomic mass is 16.4. The van der Waals surface area contributed by atoms with E-state index in [4.69, 9.17) is 5.11 Å². The number of aliphatic hydroxyl groups is 1. The Balaban J connectivity index is 1.26. The molecule has 1 saturated heterocycles. The van der Waals surface area contributed by atoms with Crippen molar-refractivity contribution in [2.24, 2.45) is 56.7 Å². The first-order chi connectivity index (χ1) is 20.6. The van der Waals surface area contributed by atoms with Gasteiger partial charge in [0.15, 0.2) is 0 Å². The topological polar surface area (TPSA) is 81.1 Å². The van der Waals surface area contributed by atoms with Crippen molar-refractivity contribution in [2.45, 2.75) is 125 Å². The standard InChI is InChI=1S/C38H62N2O4/c1-25(2)26-12-17-38(33(44)40-23-21-39(22-24-40)20-8-9-31(42)43)19-18-36(6)27(32(26)38)10-11-29-35(5)15-14-30(41)34(3,4)28(35)13-16-37(29,36)7/h26-30,32,41H,1,8-24H2,2-7H3,(H,42,43)/t26-,27+,28-,29+,30-,32+,35-,36+,37+,38-/m0/s1. The van der Waals surface area contributed by atoms with Crippen LogP contribution >= 0.6 is 0 Å². The molecule has 5 saturated carbocycles. The predicted molar refractivity (Wildman–Crippen MR) is 175 cm³/mol. The van der Waals surface area contributed by atoms with E-state index in [1.165, 1.54) is 31.3 Å². The van der Waals surface area contributed by atoms with Crippen molar-refractivity contribution in [1.82, 2.24) is 9.80 Å². The summed E-state index contributed by atoms with van der Waals surface area (Å²) in [5.74, 6) is 2.29. The van der Waals surface area contributed by atoms with Crippen LogP contribution in [0.25, 0.3) is 0 Å². The average molecular weight is 611 g/mol. The molecule has 0 bridgehead atoms. The summed E-state index contributed by atoms with van der Waals surface area (Å²) in [6.07, 6.45) is 12.0. The molecule has 44 heavy (non-hydrogen) atoms. The first-order valence-electron chi connectivity index (χ1n) is 18.2. The van der Waals surface area contributed by atoms with Crippen molar-refractivity contribution in [3.8, 4) is 0 Å². The molecule has 0 aromatic heterocycles. The van der Waals surface area contributed by atoms with Gasteiger partial charge in [-0.05, 0) is 135 Å². The Morgan fingerprint density at radius 2 is 1.52 bits per heavy atom. The first kappa shape index (κ1) is 32.5. The minimum absolute atomic E-state index is 0.0308. The zero-order valence-electron chi connectivity index (χ0n) is 28.8. The largest absolute Gasteiger partial charge is 0.481 e. The fourth-order valence-electron chi connectivity index (χ4n) is 13.4. The number of carbonyl (C=O) groups excluding carboxylic acids is 1. The predicted octanol–water partition coefficient (Wildman–Crippen LogP) is 7.01. The smallest absolute Gasteiger partial charge is 0.303 e. The molecule has 10 atom stereocenters. The maximum atomic E-state index is 14.8. The third-order valence-electron chi connectivity index (χ3n) is 16.0. The van der Waals surface area contributed by atoms with E-state index in [1.54, 1.807) is 0 Å². The van der Waals surface area contributed by atoms with Crippen LogP contribution in [-0.2, 0) is 9.59 Å². The van der Waals surface area contributed by atoms with Gasteiger partial charge in [0.25, 0.3) is 0 Å². The van der Waals surface area contributed by atoms with Gasteiger partial charge in [-0.1, -0.05) is 46.8 Å². The second kappa shape index (κ2) is 11.1. The summed E-state index contributed by atoms with van der Waals surface area (Å²) in [6, 6.07) is 0. The van der Waals surface area contributed by atoms with Crippen LogP contribution in [0.3, 0.4) is 0 Å². The van der Waals surface area contributed by atoms with Gasteiger partial charge in [-0.2, -0.15) is 0 Å². The Hall–Kier alpha value is -1.40. The Morgan fingerprint density at radius 3 is 2.18 bits per heavy atom. The highest BCUT2D eigenvalue weighted by Gasteiger charge is 2.72. The lowest BCUT2D eigenvalue weighted by Gasteiger charge is -2.73. The number of hydrogen-bond donors (Lipinski definition) is 2. The fraction of sp³-hybridized carbons (Fsp3) is 0.895. The van der Waals surface area contributed by atoms with Gasteiger partial charge in [0.1, 0.15) is 0 Å².